The third-order valence-electron chi connectivity index (χ3n) is 7.78. The third kappa shape index (κ3) is 6.76. The number of carbonyl (C=O) groups excluding carboxylic acids is 3. The zero-order valence-electron chi connectivity index (χ0n) is 23.9. The number of likely N-dealkylation sites (tertiary alicyclic amines) is 1. The number of hydrazine groups is 1. The largest absolute Gasteiger partial charge is 0.466 e. The first-order valence-electron chi connectivity index (χ1n) is 13.7. The Labute approximate surface area is 242 Å². The van der Waals surface area contributed by atoms with Crippen LogP contribution in [0, 0.1) is 24.4 Å². The number of urea groups is 1. The standard InChI is InChI=1S/C30H35F3N4O5/c1-19-15-22(31)6-7-23(19)20-9-13-35(14-10-20)11-4-12-36(18-38)37-28(21-5-8-24(32)25(33)16-21)27(29(39)42-3)26(17-41-2)34-30(37)40/h5-8,15-16,18,20,28H,4,9-14,17H2,1-3H3,(H,34,40). The second kappa shape index (κ2) is 13.8. The van der Waals surface area contributed by atoms with Crippen LogP contribution in [0.5, 0.6) is 0 Å². The normalized spacial score (nSPS) is 18.2. The van der Waals surface area contributed by atoms with E-state index in [0.29, 0.717) is 25.3 Å². The number of hydrogen-bond donors (Lipinski definition) is 1. The highest BCUT2D eigenvalue weighted by molar-refractivity contribution is 5.95. The molecule has 1 N–H and O–H groups in total. The predicted octanol–water partition coefficient (Wildman–Crippen LogP) is 4.20. The SMILES string of the molecule is COCC1=C(C(=O)OC)C(c2ccc(F)c(F)c2)N(N(C=O)CCCN2CCC(c3ccc(F)cc3C)CC2)C(=O)N1. The maximum Gasteiger partial charge on any atom is 0.341 e. The molecule has 0 bridgehead atoms. The summed E-state index contributed by atoms with van der Waals surface area (Å²) in [4.78, 5) is 40.8. The van der Waals surface area contributed by atoms with Crippen LogP contribution in [0.1, 0.15) is 47.9 Å². The Morgan fingerprint density at radius 1 is 1.10 bits per heavy atom. The summed E-state index contributed by atoms with van der Waals surface area (Å²) in [5.41, 5.74) is 2.19. The van der Waals surface area contributed by atoms with Crippen LogP contribution in [0.2, 0.25) is 0 Å². The number of carbonyl (C=O) groups is 3. The highest BCUT2D eigenvalue weighted by atomic mass is 19.2. The van der Waals surface area contributed by atoms with Crippen LogP contribution in [-0.2, 0) is 19.1 Å². The Morgan fingerprint density at radius 3 is 2.45 bits per heavy atom. The first-order chi connectivity index (χ1) is 20.2. The van der Waals surface area contributed by atoms with Gasteiger partial charge < -0.3 is 19.7 Å². The number of nitrogens with one attached hydrogen (secondary N) is 1. The van der Waals surface area contributed by atoms with E-state index in [1.54, 1.807) is 6.07 Å². The van der Waals surface area contributed by atoms with E-state index in [9.17, 15) is 27.6 Å². The summed E-state index contributed by atoms with van der Waals surface area (Å²) in [6.45, 7) is 4.14. The average Bonchev–Trinajstić information content (AvgIpc) is 2.97. The number of methoxy groups -OCH3 is 2. The van der Waals surface area contributed by atoms with E-state index in [1.165, 1.54) is 19.2 Å². The monoisotopic (exact) mass is 588 g/mol. The van der Waals surface area contributed by atoms with Crippen molar-refractivity contribution in [1.29, 1.82) is 0 Å². The van der Waals surface area contributed by atoms with Gasteiger partial charge in [-0.3, -0.25) is 9.80 Å². The minimum Gasteiger partial charge on any atom is -0.466 e. The van der Waals surface area contributed by atoms with Crippen LogP contribution in [0.25, 0.3) is 0 Å². The molecule has 12 heteroatoms. The lowest BCUT2D eigenvalue weighted by atomic mass is 9.87. The topological polar surface area (TPSA) is 91.4 Å². The Kier molecular flexibility index (Phi) is 10.2. The van der Waals surface area contributed by atoms with Gasteiger partial charge in [-0.25, -0.2) is 27.8 Å². The number of esters is 1. The molecular formula is C30H35F3N4O5. The van der Waals surface area contributed by atoms with Gasteiger partial charge in [0.05, 0.1) is 25.0 Å². The molecular weight excluding hydrogens is 553 g/mol. The molecule has 0 saturated carbocycles. The Bertz CT molecular complexity index is 1350. The van der Waals surface area contributed by atoms with E-state index < -0.39 is 29.7 Å². The Hall–Kier alpha value is -3.90. The van der Waals surface area contributed by atoms with Gasteiger partial charge in [0.15, 0.2) is 11.6 Å². The molecule has 0 spiro atoms. The lowest BCUT2D eigenvalue weighted by Crippen LogP contribution is -2.57. The van der Waals surface area contributed by atoms with Gasteiger partial charge in [-0.15, -0.1) is 0 Å². The number of rotatable bonds is 11. The molecule has 1 saturated heterocycles. The van der Waals surface area contributed by atoms with Crippen molar-refractivity contribution in [2.45, 2.75) is 38.1 Å². The van der Waals surface area contributed by atoms with Gasteiger partial charge in [0.2, 0.25) is 6.41 Å². The van der Waals surface area contributed by atoms with Gasteiger partial charge in [0, 0.05) is 13.7 Å². The Balaban J connectivity index is 1.50. The molecule has 0 aliphatic carbocycles. The zero-order chi connectivity index (χ0) is 30.4. The lowest BCUT2D eigenvalue weighted by molar-refractivity contribution is -0.141. The average molecular weight is 589 g/mol. The maximum absolute atomic E-state index is 14.3. The van der Waals surface area contributed by atoms with Crippen molar-refractivity contribution < 1.29 is 37.0 Å². The fourth-order valence-electron chi connectivity index (χ4n) is 5.75. The van der Waals surface area contributed by atoms with E-state index in [4.69, 9.17) is 9.47 Å². The van der Waals surface area contributed by atoms with E-state index in [0.717, 1.165) is 66.3 Å². The molecule has 2 aromatic rings. The molecule has 1 fully saturated rings. The molecule has 2 heterocycles. The quantitative estimate of drug-likeness (QED) is 0.313. The van der Waals surface area contributed by atoms with Gasteiger partial charge in [-0.05, 0) is 92.7 Å². The summed E-state index contributed by atoms with van der Waals surface area (Å²) in [5.74, 6) is -3.00. The molecule has 2 aromatic carbocycles. The van der Waals surface area contributed by atoms with Crippen molar-refractivity contribution in [2.75, 3.05) is 47.0 Å². The van der Waals surface area contributed by atoms with Crippen molar-refractivity contribution in [3.8, 4) is 0 Å². The molecule has 3 amide bonds. The second-order valence-electron chi connectivity index (χ2n) is 10.4. The molecule has 1 atom stereocenters. The van der Waals surface area contributed by atoms with Gasteiger partial charge in [-0.2, -0.15) is 0 Å². The van der Waals surface area contributed by atoms with Crippen molar-refractivity contribution in [2.24, 2.45) is 0 Å². The molecule has 0 aromatic heterocycles. The van der Waals surface area contributed by atoms with Crippen LogP contribution < -0.4 is 5.32 Å². The minimum atomic E-state index is -1.29. The van der Waals surface area contributed by atoms with Crippen molar-refractivity contribution in [3.05, 3.63) is 81.8 Å². The number of aryl methyl sites for hydroxylation is 1. The number of ether oxygens (including phenoxy) is 2. The number of nitrogens with zero attached hydrogens (tertiary/aromatic N) is 3. The smallest absolute Gasteiger partial charge is 0.341 e. The van der Waals surface area contributed by atoms with Crippen LogP contribution in [0.4, 0.5) is 18.0 Å². The summed E-state index contributed by atoms with van der Waals surface area (Å²) in [7, 11) is 2.52. The van der Waals surface area contributed by atoms with E-state index in [2.05, 4.69) is 10.2 Å². The number of piperidine rings is 1. The van der Waals surface area contributed by atoms with E-state index in [1.807, 2.05) is 13.0 Å². The predicted molar refractivity (Wildman–Crippen MR) is 147 cm³/mol. The molecule has 1 unspecified atom stereocenters. The summed E-state index contributed by atoms with van der Waals surface area (Å²) in [6, 6.07) is 5.90. The van der Waals surface area contributed by atoms with Crippen molar-refractivity contribution >= 4 is 18.4 Å². The van der Waals surface area contributed by atoms with Crippen LogP contribution in [0.15, 0.2) is 47.7 Å². The third-order valence-corrected chi connectivity index (χ3v) is 7.78. The molecule has 2 aliphatic heterocycles. The van der Waals surface area contributed by atoms with Gasteiger partial charge in [0.25, 0.3) is 0 Å². The Morgan fingerprint density at radius 2 is 1.83 bits per heavy atom. The van der Waals surface area contributed by atoms with Crippen molar-refractivity contribution in [1.82, 2.24) is 20.2 Å². The molecule has 42 heavy (non-hydrogen) atoms. The van der Waals surface area contributed by atoms with Gasteiger partial charge >= 0.3 is 12.0 Å². The van der Waals surface area contributed by atoms with Crippen LogP contribution in [-0.4, -0.2) is 80.3 Å². The number of halogens is 3. The van der Waals surface area contributed by atoms with Crippen LogP contribution in [0.3, 0.4) is 0 Å². The summed E-state index contributed by atoms with van der Waals surface area (Å²) in [6.07, 6.45) is 2.78. The minimum absolute atomic E-state index is 0.0720. The summed E-state index contributed by atoms with van der Waals surface area (Å²) in [5, 5.41) is 4.73. The van der Waals surface area contributed by atoms with Gasteiger partial charge in [0.1, 0.15) is 11.9 Å². The molecule has 2 aliphatic rings. The number of hydrogen-bond acceptors (Lipinski definition) is 6. The summed E-state index contributed by atoms with van der Waals surface area (Å²) >= 11 is 0. The first kappa shape index (κ1) is 31.0. The lowest BCUT2D eigenvalue weighted by Gasteiger charge is -2.42. The van der Waals surface area contributed by atoms with Gasteiger partial charge in [-0.1, -0.05) is 12.1 Å². The van der Waals surface area contributed by atoms with Crippen molar-refractivity contribution in [3.63, 3.8) is 0 Å². The summed E-state index contributed by atoms with van der Waals surface area (Å²) < 4.78 is 51.8. The molecule has 226 valence electrons. The molecule has 9 nitrogen and oxygen atoms in total. The number of benzene rings is 2. The fraction of sp³-hybridized carbons (Fsp3) is 0.433. The highest BCUT2D eigenvalue weighted by Crippen LogP contribution is 2.36. The zero-order valence-corrected chi connectivity index (χ0v) is 23.9. The second-order valence-corrected chi connectivity index (χ2v) is 10.4. The molecule has 0 radical (unpaired) electrons. The van der Waals surface area contributed by atoms with E-state index in [-0.39, 0.29) is 35.8 Å². The highest BCUT2D eigenvalue weighted by Gasteiger charge is 2.42. The maximum atomic E-state index is 14.3. The van der Waals surface area contributed by atoms with E-state index >= 15 is 0 Å². The number of amides is 3. The van der Waals surface area contributed by atoms with Crippen LogP contribution >= 0.6 is 0 Å². The first-order valence-corrected chi connectivity index (χ1v) is 13.7. The molecule has 4 rings (SSSR count). The fourth-order valence-corrected chi connectivity index (χ4v) is 5.75.